The molecule has 1 aliphatic rings. The van der Waals surface area contributed by atoms with E-state index in [9.17, 15) is 4.79 Å². The number of hydrogen-bond acceptors (Lipinski definition) is 5. The third-order valence-corrected chi connectivity index (χ3v) is 6.64. The molecule has 2 unspecified atom stereocenters. The first-order valence-electron chi connectivity index (χ1n) is 8.81. The van der Waals surface area contributed by atoms with Crippen LogP contribution in [0.25, 0.3) is 0 Å². The molecule has 2 heterocycles. The number of amides is 1. The minimum absolute atomic E-state index is 0.0597. The van der Waals surface area contributed by atoms with Gasteiger partial charge in [-0.1, -0.05) is 30.0 Å². The van der Waals surface area contributed by atoms with E-state index in [2.05, 4.69) is 24.0 Å². The average molecular weight is 386 g/mol. The van der Waals surface area contributed by atoms with Crippen LogP contribution >= 0.6 is 23.5 Å². The molecule has 4 nitrogen and oxygen atoms in total. The van der Waals surface area contributed by atoms with Crippen molar-refractivity contribution in [2.24, 2.45) is 4.99 Å². The van der Waals surface area contributed by atoms with Gasteiger partial charge in [0, 0.05) is 41.6 Å². The number of aromatic nitrogens is 1. The molecule has 0 bridgehead atoms. The lowest BCUT2D eigenvalue weighted by atomic mass is 10.2. The molecule has 6 heteroatoms. The van der Waals surface area contributed by atoms with E-state index in [1.807, 2.05) is 48.4 Å². The number of rotatable bonds is 7. The van der Waals surface area contributed by atoms with Crippen molar-refractivity contribution >= 4 is 34.5 Å². The first kappa shape index (κ1) is 19.0. The molecule has 2 atom stereocenters. The van der Waals surface area contributed by atoms with Gasteiger partial charge in [0.2, 0.25) is 5.91 Å². The Morgan fingerprint density at radius 1 is 1.23 bits per heavy atom. The maximum Gasteiger partial charge on any atom is 0.224 e. The number of pyridine rings is 1. The molecule has 0 radical (unpaired) electrons. The third kappa shape index (κ3) is 4.68. The van der Waals surface area contributed by atoms with Crippen molar-refractivity contribution in [2.45, 2.75) is 36.6 Å². The van der Waals surface area contributed by atoms with Crippen LogP contribution in [0.5, 0.6) is 0 Å². The lowest BCUT2D eigenvalue weighted by Gasteiger charge is -2.29. The summed E-state index contributed by atoms with van der Waals surface area (Å²) in [6.07, 6.45) is 4.13. The topological polar surface area (TPSA) is 45.6 Å². The fourth-order valence-corrected chi connectivity index (χ4v) is 5.09. The fraction of sp³-hybridized carbons (Fsp3) is 0.350. The lowest BCUT2D eigenvalue weighted by Crippen LogP contribution is -2.42. The smallest absolute Gasteiger partial charge is 0.224 e. The summed E-state index contributed by atoms with van der Waals surface area (Å²) < 4.78 is 0. The van der Waals surface area contributed by atoms with E-state index in [0.29, 0.717) is 13.0 Å². The highest BCUT2D eigenvalue weighted by atomic mass is 32.2. The number of carbonyl (C=O) groups is 1. The van der Waals surface area contributed by atoms with E-state index in [1.54, 1.807) is 29.7 Å². The van der Waals surface area contributed by atoms with Crippen LogP contribution in [-0.2, 0) is 4.79 Å². The molecule has 3 rings (SSSR count). The molecule has 2 aromatic rings. The Balaban J connectivity index is 1.57. The molecule has 26 heavy (non-hydrogen) atoms. The van der Waals surface area contributed by atoms with Crippen molar-refractivity contribution < 1.29 is 4.79 Å². The van der Waals surface area contributed by atoms with Gasteiger partial charge in [-0.25, -0.2) is 0 Å². The minimum Gasteiger partial charge on any atom is -0.328 e. The van der Waals surface area contributed by atoms with E-state index in [-0.39, 0.29) is 17.3 Å². The second kappa shape index (κ2) is 9.24. The molecule has 0 aliphatic carbocycles. The van der Waals surface area contributed by atoms with Gasteiger partial charge in [0.25, 0.3) is 0 Å². The quantitative estimate of drug-likeness (QED) is 0.666. The Morgan fingerprint density at radius 2 is 2.04 bits per heavy atom. The van der Waals surface area contributed by atoms with Crippen molar-refractivity contribution in [1.29, 1.82) is 0 Å². The minimum atomic E-state index is 0.0597. The lowest BCUT2D eigenvalue weighted by molar-refractivity contribution is -0.131. The zero-order valence-corrected chi connectivity index (χ0v) is 16.7. The van der Waals surface area contributed by atoms with Gasteiger partial charge < -0.3 is 4.90 Å². The van der Waals surface area contributed by atoms with Crippen molar-refractivity contribution in [3.8, 4) is 0 Å². The van der Waals surface area contributed by atoms with Crippen LogP contribution in [-0.4, -0.2) is 44.5 Å². The van der Waals surface area contributed by atoms with Gasteiger partial charge in [-0.05, 0) is 38.1 Å². The van der Waals surface area contributed by atoms with Crippen LogP contribution in [0, 0.1) is 0 Å². The maximum absolute atomic E-state index is 12.8. The Morgan fingerprint density at radius 3 is 2.73 bits per heavy atom. The number of hydrogen-bond donors (Lipinski definition) is 0. The Kier molecular flexibility index (Phi) is 6.74. The van der Waals surface area contributed by atoms with Gasteiger partial charge in [0.15, 0.2) is 0 Å². The summed E-state index contributed by atoms with van der Waals surface area (Å²) in [5.41, 5.74) is 1.02. The van der Waals surface area contributed by atoms with Crippen LogP contribution in [0.1, 0.15) is 25.8 Å². The maximum atomic E-state index is 12.8. The summed E-state index contributed by atoms with van der Waals surface area (Å²) >= 11 is 3.40. The summed E-state index contributed by atoms with van der Waals surface area (Å²) in [7, 11) is 0. The summed E-state index contributed by atoms with van der Waals surface area (Å²) in [5.74, 6) is 0.990. The second-order valence-electron chi connectivity index (χ2n) is 6.02. The molecule has 0 saturated heterocycles. The normalized spacial score (nSPS) is 19.2. The molecule has 1 aromatic carbocycles. The van der Waals surface area contributed by atoms with E-state index < -0.39 is 0 Å². The van der Waals surface area contributed by atoms with Gasteiger partial charge in [0.1, 0.15) is 10.4 Å². The summed E-state index contributed by atoms with van der Waals surface area (Å²) in [4.78, 5) is 24.9. The van der Waals surface area contributed by atoms with Crippen LogP contribution in [0.2, 0.25) is 0 Å². The van der Waals surface area contributed by atoms with Gasteiger partial charge in [-0.15, -0.1) is 11.8 Å². The SMILES string of the molecule is CCN(C(=O)CCSc1ccccc1)C1SC(c2cccnc2)=NC1C. The van der Waals surface area contributed by atoms with E-state index in [1.165, 1.54) is 4.90 Å². The molecule has 1 aromatic heterocycles. The molecule has 0 fully saturated rings. The summed E-state index contributed by atoms with van der Waals surface area (Å²) in [6, 6.07) is 14.2. The number of aliphatic imine (C=N–C) groups is 1. The highest BCUT2D eigenvalue weighted by molar-refractivity contribution is 8.15. The molecule has 1 aliphatic heterocycles. The van der Waals surface area contributed by atoms with Crippen LogP contribution in [0.4, 0.5) is 0 Å². The first-order valence-corrected chi connectivity index (χ1v) is 10.7. The number of nitrogens with zero attached hydrogens (tertiary/aromatic N) is 3. The van der Waals surface area contributed by atoms with Crippen LogP contribution in [0.3, 0.4) is 0 Å². The average Bonchev–Trinajstić information content (AvgIpc) is 3.06. The number of thioether (sulfide) groups is 2. The summed E-state index contributed by atoms with van der Waals surface area (Å²) in [5, 5.41) is 1.03. The number of carbonyl (C=O) groups excluding carboxylic acids is 1. The van der Waals surface area contributed by atoms with Gasteiger partial charge >= 0.3 is 0 Å². The number of likely N-dealkylation sites (N-methyl/N-ethyl adjacent to an activating group) is 1. The monoisotopic (exact) mass is 385 g/mol. The van der Waals surface area contributed by atoms with Crippen LogP contribution in [0.15, 0.2) is 64.7 Å². The largest absolute Gasteiger partial charge is 0.328 e. The van der Waals surface area contributed by atoms with Crippen molar-refractivity contribution in [3.05, 3.63) is 60.4 Å². The predicted octanol–water partition coefficient (Wildman–Crippen LogP) is 4.32. The molecule has 136 valence electrons. The Bertz CT molecular complexity index is 752. The Hall–Kier alpha value is -1.79. The highest BCUT2D eigenvalue weighted by Gasteiger charge is 2.34. The van der Waals surface area contributed by atoms with E-state index in [0.717, 1.165) is 16.4 Å². The molecule has 0 spiro atoms. The second-order valence-corrected chi connectivity index (χ2v) is 8.29. The third-order valence-electron chi connectivity index (χ3n) is 4.17. The van der Waals surface area contributed by atoms with Gasteiger partial charge in [-0.3, -0.25) is 14.8 Å². The van der Waals surface area contributed by atoms with Crippen molar-refractivity contribution in [1.82, 2.24) is 9.88 Å². The molecule has 1 amide bonds. The molecular formula is C20H23N3OS2. The van der Waals surface area contributed by atoms with Crippen molar-refractivity contribution in [3.63, 3.8) is 0 Å². The van der Waals surface area contributed by atoms with Gasteiger partial charge in [0.05, 0.1) is 6.04 Å². The van der Waals surface area contributed by atoms with E-state index >= 15 is 0 Å². The first-order chi connectivity index (χ1) is 12.7. The summed E-state index contributed by atoms with van der Waals surface area (Å²) in [6.45, 7) is 4.82. The number of benzene rings is 1. The molecule has 0 N–H and O–H groups in total. The zero-order valence-electron chi connectivity index (χ0n) is 15.0. The Labute approximate surface area is 163 Å². The van der Waals surface area contributed by atoms with E-state index in [4.69, 9.17) is 4.99 Å². The standard InChI is InChI=1S/C20H23N3OS2/c1-3-23(18(24)11-13-25-17-9-5-4-6-10-17)20-15(2)22-19(26-20)16-8-7-12-21-14-16/h4-10,12,14-15,20H,3,11,13H2,1-2H3. The van der Waals surface area contributed by atoms with Gasteiger partial charge in [-0.2, -0.15) is 0 Å². The zero-order chi connectivity index (χ0) is 18.4. The predicted molar refractivity (Wildman–Crippen MR) is 111 cm³/mol. The highest BCUT2D eigenvalue weighted by Crippen LogP contribution is 2.33. The molecule has 0 saturated carbocycles. The molecular weight excluding hydrogens is 362 g/mol. The fourth-order valence-electron chi connectivity index (χ4n) is 2.86. The van der Waals surface area contributed by atoms with Crippen molar-refractivity contribution in [2.75, 3.05) is 12.3 Å². The van der Waals surface area contributed by atoms with Crippen LogP contribution < -0.4 is 0 Å².